The van der Waals surface area contributed by atoms with Gasteiger partial charge in [-0.3, -0.25) is 4.40 Å². The lowest BCUT2D eigenvalue weighted by Crippen LogP contribution is -2.04. The molecule has 0 bridgehead atoms. The molecule has 10 heteroatoms. The highest BCUT2D eigenvalue weighted by Crippen LogP contribution is 2.44. The summed E-state index contributed by atoms with van der Waals surface area (Å²) in [4.78, 5) is 9.23. The van der Waals surface area contributed by atoms with Crippen LogP contribution in [0.2, 0.25) is 0 Å². The maximum absolute atomic E-state index is 14.1. The first-order valence-electron chi connectivity index (χ1n) is 9.84. The molecule has 164 valence electrons. The molecule has 3 heterocycles. The third-order valence-corrected chi connectivity index (χ3v) is 5.08. The molecule has 0 spiro atoms. The largest absolute Gasteiger partial charge is 0.432 e. The quantitative estimate of drug-likeness (QED) is 0.386. The summed E-state index contributed by atoms with van der Waals surface area (Å²) in [5.74, 6) is -1.36. The Hall–Kier alpha value is -3.82. The summed E-state index contributed by atoms with van der Waals surface area (Å²) in [6.45, 7) is -3.13. The molecule has 6 nitrogen and oxygen atoms in total. The van der Waals surface area contributed by atoms with Crippen LogP contribution in [0.15, 0.2) is 48.7 Å². The number of halogens is 4. The highest BCUT2D eigenvalue weighted by Gasteiger charge is 2.31. The first-order valence-corrected chi connectivity index (χ1v) is 9.84. The number of pyridine rings is 2. The van der Waals surface area contributed by atoms with Crippen LogP contribution < -0.4 is 15.8 Å². The van der Waals surface area contributed by atoms with E-state index in [0.717, 1.165) is 30.7 Å². The van der Waals surface area contributed by atoms with E-state index in [1.54, 1.807) is 22.6 Å². The van der Waals surface area contributed by atoms with Gasteiger partial charge in [0, 0.05) is 35.6 Å². The number of benzene rings is 1. The summed E-state index contributed by atoms with van der Waals surface area (Å²) in [7, 11) is 0. The Balaban J connectivity index is 1.54. The van der Waals surface area contributed by atoms with Gasteiger partial charge in [0.1, 0.15) is 17.3 Å². The summed E-state index contributed by atoms with van der Waals surface area (Å²) < 4.78 is 58.5. The van der Waals surface area contributed by atoms with Gasteiger partial charge in [0.05, 0.1) is 17.1 Å². The number of nitrogen functional groups attached to an aromatic ring is 1. The van der Waals surface area contributed by atoms with Crippen LogP contribution >= 0.6 is 0 Å². The molecule has 1 saturated carbocycles. The molecule has 0 saturated heterocycles. The average molecular weight is 443 g/mol. The van der Waals surface area contributed by atoms with E-state index in [1.165, 1.54) is 18.3 Å². The summed E-state index contributed by atoms with van der Waals surface area (Å²) >= 11 is 0. The fraction of sp³-hybridized carbons (Fsp3) is 0.182. The van der Waals surface area contributed by atoms with E-state index in [-0.39, 0.29) is 11.6 Å². The fourth-order valence-electron chi connectivity index (χ4n) is 3.59. The normalized spacial score (nSPS) is 13.7. The molecule has 0 aliphatic heterocycles. The van der Waals surface area contributed by atoms with Crippen molar-refractivity contribution < 1.29 is 22.3 Å². The van der Waals surface area contributed by atoms with E-state index >= 15 is 0 Å². The van der Waals surface area contributed by atoms with E-state index in [1.807, 2.05) is 0 Å². The van der Waals surface area contributed by atoms with E-state index in [4.69, 9.17) is 5.73 Å². The van der Waals surface area contributed by atoms with Gasteiger partial charge in [-0.25, -0.2) is 18.7 Å². The Morgan fingerprint density at radius 3 is 2.59 bits per heavy atom. The molecule has 32 heavy (non-hydrogen) atoms. The maximum Gasteiger partial charge on any atom is 0.387 e. The molecule has 1 aliphatic carbocycles. The monoisotopic (exact) mass is 443 g/mol. The first-order chi connectivity index (χ1) is 15.4. The third-order valence-electron chi connectivity index (χ3n) is 5.08. The molecule has 1 aromatic carbocycles. The number of nitrogens with zero attached hydrogens (tertiary/aromatic N) is 3. The van der Waals surface area contributed by atoms with Crippen molar-refractivity contribution in [1.29, 1.82) is 0 Å². The van der Waals surface area contributed by atoms with Crippen molar-refractivity contribution in [3.63, 3.8) is 0 Å². The van der Waals surface area contributed by atoms with E-state index in [2.05, 4.69) is 20.0 Å². The van der Waals surface area contributed by atoms with Crippen molar-refractivity contribution in [3.8, 4) is 17.1 Å². The molecule has 0 radical (unpaired) electrons. The molecule has 3 aromatic heterocycles. The van der Waals surface area contributed by atoms with Crippen molar-refractivity contribution >= 4 is 22.8 Å². The van der Waals surface area contributed by atoms with Crippen LogP contribution in [-0.4, -0.2) is 21.0 Å². The second kappa shape index (κ2) is 7.70. The first kappa shape index (κ1) is 20.1. The Morgan fingerprint density at radius 2 is 1.88 bits per heavy atom. The zero-order chi connectivity index (χ0) is 22.4. The van der Waals surface area contributed by atoms with Crippen molar-refractivity contribution in [2.45, 2.75) is 25.4 Å². The van der Waals surface area contributed by atoms with Gasteiger partial charge in [0.15, 0.2) is 11.6 Å². The van der Waals surface area contributed by atoms with E-state index in [0.29, 0.717) is 28.5 Å². The Bertz CT molecular complexity index is 1320. The number of hydrogen-bond acceptors (Lipinski definition) is 5. The molecule has 0 amide bonds. The number of imidazole rings is 1. The smallest absolute Gasteiger partial charge is 0.387 e. The number of aromatic nitrogens is 3. The van der Waals surface area contributed by atoms with Crippen molar-refractivity contribution in [2.75, 3.05) is 11.1 Å². The van der Waals surface area contributed by atoms with Crippen LogP contribution in [0.4, 0.5) is 34.8 Å². The SMILES string of the molecule is Nc1cc(Nc2ccc(OC(F)F)c(F)c2)nc(-c2c(C3CC3)nc3ccc(F)cn23)c1. The molecular formula is C22H17F4N5O. The fourth-order valence-corrected chi connectivity index (χ4v) is 3.59. The predicted molar refractivity (Wildman–Crippen MR) is 111 cm³/mol. The summed E-state index contributed by atoms with van der Waals surface area (Å²) in [5.41, 5.74) is 9.26. The highest BCUT2D eigenvalue weighted by molar-refractivity contribution is 5.72. The number of nitrogens with two attached hydrogens (primary N) is 1. The summed E-state index contributed by atoms with van der Waals surface area (Å²) in [5, 5.41) is 2.91. The lowest BCUT2D eigenvalue weighted by molar-refractivity contribution is -0.0521. The molecule has 3 N–H and O–H groups in total. The highest BCUT2D eigenvalue weighted by atomic mass is 19.3. The average Bonchev–Trinajstić information content (AvgIpc) is 3.50. The minimum Gasteiger partial charge on any atom is -0.432 e. The molecule has 5 rings (SSSR count). The number of alkyl halides is 2. The van der Waals surface area contributed by atoms with Crippen molar-refractivity contribution in [3.05, 3.63) is 66.0 Å². The van der Waals surface area contributed by atoms with Gasteiger partial charge in [-0.15, -0.1) is 0 Å². The molecule has 1 aliphatic rings. The van der Waals surface area contributed by atoms with Gasteiger partial charge >= 0.3 is 6.61 Å². The number of nitrogens with one attached hydrogen (secondary N) is 1. The molecule has 1 fully saturated rings. The van der Waals surface area contributed by atoms with Crippen LogP contribution in [-0.2, 0) is 0 Å². The zero-order valence-electron chi connectivity index (χ0n) is 16.5. The number of hydrogen-bond donors (Lipinski definition) is 2. The molecule has 0 unspecified atom stereocenters. The van der Waals surface area contributed by atoms with Gasteiger partial charge in [0.25, 0.3) is 0 Å². The number of rotatable bonds is 6. The van der Waals surface area contributed by atoms with Crippen LogP contribution in [0.1, 0.15) is 24.5 Å². The van der Waals surface area contributed by atoms with Crippen LogP contribution in [0.25, 0.3) is 17.0 Å². The van der Waals surface area contributed by atoms with Crippen molar-refractivity contribution in [1.82, 2.24) is 14.4 Å². The second-order valence-corrected chi connectivity index (χ2v) is 7.52. The molecule has 0 atom stereocenters. The van der Waals surface area contributed by atoms with Gasteiger partial charge < -0.3 is 15.8 Å². The van der Waals surface area contributed by atoms with Gasteiger partial charge in [0.2, 0.25) is 0 Å². The van der Waals surface area contributed by atoms with Crippen LogP contribution in [0, 0.1) is 11.6 Å². The standard InChI is InChI=1S/C22H17F4N5O/c23-12-3-6-19-30-20(11-1-2-11)21(31(19)10-12)16-7-13(27)8-18(29-16)28-14-4-5-17(15(24)9-14)32-22(25)26/h3-11,22H,1-2H2,(H3,27,28,29). The maximum atomic E-state index is 14.1. The summed E-state index contributed by atoms with van der Waals surface area (Å²) in [6, 6.07) is 9.64. The zero-order valence-corrected chi connectivity index (χ0v) is 16.5. The number of ether oxygens (including phenoxy) is 1. The Kier molecular flexibility index (Phi) is 4.84. The number of fused-ring (bicyclic) bond motifs is 1. The topological polar surface area (TPSA) is 77.5 Å². The second-order valence-electron chi connectivity index (χ2n) is 7.52. The Labute approximate surface area is 179 Å². The van der Waals surface area contributed by atoms with Crippen LogP contribution in [0.3, 0.4) is 0 Å². The van der Waals surface area contributed by atoms with Gasteiger partial charge in [-0.05, 0) is 43.2 Å². The lowest BCUT2D eigenvalue weighted by Gasteiger charge is -2.12. The molecular weight excluding hydrogens is 426 g/mol. The predicted octanol–water partition coefficient (Wildman–Crippen LogP) is 5.48. The van der Waals surface area contributed by atoms with Crippen LogP contribution in [0.5, 0.6) is 5.75 Å². The van der Waals surface area contributed by atoms with Gasteiger partial charge in [-0.2, -0.15) is 8.78 Å². The van der Waals surface area contributed by atoms with Gasteiger partial charge in [-0.1, -0.05) is 0 Å². The minimum atomic E-state index is -3.13. The van der Waals surface area contributed by atoms with E-state index in [9.17, 15) is 17.6 Å². The third kappa shape index (κ3) is 3.91. The lowest BCUT2D eigenvalue weighted by atomic mass is 10.1. The number of anilines is 3. The Morgan fingerprint density at radius 1 is 1.06 bits per heavy atom. The summed E-state index contributed by atoms with van der Waals surface area (Å²) in [6.07, 6.45) is 3.32. The minimum absolute atomic E-state index is 0.264. The van der Waals surface area contributed by atoms with Crippen molar-refractivity contribution in [2.24, 2.45) is 0 Å². The molecule has 4 aromatic rings. The van der Waals surface area contributed by atoms with E-state index < -0.39 is 24.0 Å².